The van der Waals surface area contributed by atoms with Crippen LogP contribution in [0.2, 0.25) is 0 Å². The van der Waals surface area contributed by atoms with E-state index in [1.807, 2.05) is 5.16 Å². The van der Waals surface area contributed by atoms with E-state index in [9.17, 15) is 18.0 Å². The molecule has 0 spiro atoms. The van der Waals surface area contributed by atoms with Crippen LogP contribution in [0.4, 0.5) is 18.9 Å². The Balaban J connectivity index is 2.76. The third-order valence-corrected chi connectivity index (χ3v) is 2.55. The summed E-state index contributed by atoms with van der Waals surface area (Å²) in [6, 6.07) is 0.633. The first kappa shape index (κ1) is 14.2. The van der Waals surface area contributed by atoms with Crippen LogP contribution in [0.1, 0.15) is 5.56 Å². The van der Waals surface area contributed by atoms with E-state index in [0.717, 1.165) is 4.57 Å². The lowest BCUT2D eigenvalue weighted by Crippen LogP contribution is -2.20. The van der Waals surface area contributed by atoms with Crippen molar-refractivity contribution in [3.05, 3.63) is 40.6 Å². The van der Waals surface area contributed by atoms with Crippen LogP contribution >= 0.6 is 12.2 Å². The number of aliphatic imine (C=N–C) groups is 1. The summed E-state index contributed by atoms with van der Waals surface area (Å²) in [5.41, 5.74) is -1.98. The van der Waals surface area contributed by atoms with Crippen LogP contribution in [0, 0.1) is 0 Å². The van der Waals surface area contributed by atoms with Crippen molar-refractivity contribution < 1.29 is 13.2 Å². The minimum absolute atomic E-state index is 0.199. The standard InChI is InChI=1S/C11H7F3N4OS/c1-17-5-8(3-16-17)18-4-7(11(12,13)14)2-9(10(18)19)15-6-20/h2-5H,1H3. The molecule has 0 atom stereocenters. The molecule has 0 aliphatic heterocycles. The van der Waals surface area contributed by atoms with Gasteiger partial charge in [-0.25, -0.2) is 0 Å². The highest BCUT2D eigenvalue weighted by Crippen LogP contribution is 2.30. The molecular formula is C11H7F3N4OS. The quantitative estimate of drug-likeness (QED) is 0.632. The van der Waals surface area contributed by atoms with Gasteiger partial charge in [0.15, 0.2) is 0 Å². The van der Waals surface area contributed by atoms with Crippen molar-refractivity contribution in [3.63, 3.8) is 0 Å². The summed E-state index contributed by atoms with van der Waals surface area (Å²) in [4.78, 5) is 15.4. The maximum atomic E-state index is 12.8. The Hall–Kier alpha value is -2.25. The van der Waals surface area contributed by atoms with Crippen molar-refractivity contribution in [2.45, 2.75) is 6.18 Å². The molecular weight excluding hydrogens is 293 g/mol. The van der Waals surface area contributed by atoms with Crippen LogP contribution in [0.3, 0.4) is 0 Å². The Morgan fingerprint density at radius 2 is 2.10 bits per heavy atom. The predicted molar refractivity (Wildman–Crippen MR) is 68.5 cm³/mol. The monoisotopic (exact) mass is 300 g/mol. The molecule has 9 heteroatoms. The van der Waals surface area contributed by atoms with E-state index in [1.165, 1.54) is 17.1 Å². The maximum absolute atomic E-state index is 12.8. The second-order valence-corrected chi connectivity index (χ2v) is 4.04. The van der Waals surface area contributed by atoms with Crippen LogP contribution in [0.15, 0.2) is 34.4 Å². The van der Waals surface area contributed by atoms with E-state index in [2.05, 4.69) is 22.3 Å². The number of hydrogen-bond donors (Lipinski definition) is 0. The molecule has 5 nitrogen and oxygen atoms in total. The minimum atomic E-state index is -4.61. The van der Waals surface area contributed by atoms with E-state index in [0.29, 0.717) is 12.3 Å². The molecule has 0 fully saturated rings. The zero-order valence-electron chi connectivity index (χ0n) is 10.0. The van der Waals surface area contributed by atoms with Gasteiger partial charge in [0.2, 0.25) is 0 Å². The second-order valence-electron chi connectivity index (χ2n) is 3.86. The van der Waals surface area contributed by atoms with Gasteiger partial charge in [-0.15, -0.1) is 0 Å². The third kappa shape index (κ3) is 2.68. The summed E-state index contributed by atoms with van der Waals surface area (Å²) in [5, 5.41) is 5.70. The number of halogens is 3. The van der Waals surface area contributed by atoms with Gasteiger partial charge in [0, 0.05) is 19.4 Å². The zero-order valence-corrected chi connectivity index (χ0v) is 10.9. The Labute approximate surface area is 116 Å². The molecule has 2 rings (SSSR count). The Bertz CT molecular complexity index is 756. The lowest BCUT2D eigenvalue weighted by Gasteiger charge is -2.10. The summed E-state index contributed by atoms with van der Waals surface area (Å²) in [6.45, 7) is 0. The summed E-state index contributed by atoms with van der Waals surface area (Å²) in [6.07, 6.45) is -1.23. The molecule has 2 aromatic rings. The number of thiocarbonyl (C=S) groups is 1. The highest BCUT2D eigenvalue weighted by atomic mass is 32.1. The lowest BCUT2D eigenvalue weighted by atomic mass is 10.2. The summed E-state index contributed by atoms with van der Waals surface area (Å²) in [7, 11) is 1.58. The molecule has 0 radical (unpaired) electrons. The summed E-state index contributed by atoms with van der Waals surface area (Å²) < 4.78 is 40.6. The van der Waals surface area contributed by atoms with Crippen LogP contribution in [0.25, 0.3) is 5.69 Å². The smallest absolute Gasteiger partial charge is 0.279 e. The summed E-state index contributed by atoms with van der Waals surface area (Å²) in [5.74, 6) is 0. The van der Waals surface area contributed by atoms with Crippen molar-refractivity contribution in [2.75, 3.05) is 0 Å². The van der Waals surface area contributed by atoms with Crippen molar-refractivity contribution in [1.82, 2.24) is 14.3 Å². The van der Waals surface area contributed by atoms with Crippen molar-refractivity contribution in [2.24, 2.45) is 12.0 Å². The fourth-order valence-electron chi connectivity index (χ4n) is 1.58. The first-order chi connectivity index (χ1) is 9.32. The number of nitrogens with zero attached hydrogens (tertiary/aromatic N) is 4. The first-order valence-corrected chi connectivity index (χ1v) is 5.64. The van der Waals surface area contributed by atoms with Crippen LogP contribution in [-0.4, -0.2) is 19.5 Å². The SMILES string of the molecule is Cn1cc(-n2cc(C(F)(F)F)cc(N=C=S)c2=O)cn1. The van der Waals surface area contributed by atoms with E-state index in [1.54, 1.807) is 7.05 Å². The van der Waals surface area contributed by atoms with Crippen LogP contribution in [-0.2, 0) is 13.2 Å². The molecule has 0 amide bonds. The van der Waals surface area contributed by atoms with Gasteiger partial charge < -0.3 is 0 Å². The minimum Gasteiger partial charge on any atom is -0.279 e. The van der Waals surface area contributed by atoms with Crippen LogP contribution in [0.5, 0.6) is 0 Å². The topological polar surface area (TPSA) is 52.2 Å². The van der Waals surface area contributed by atoms with Gasteiger partial charge in [-0.05, 0) is 18.3 Å². The molecule has 0 bridgehead atoms. The molecule has 0 aliphatic carbocycles. The highest BCUT2D eigenvalue weighted by molar-refractivity contribution is 7.78. The fourth-order valence-corrected chi connectivity index (χ4v) is 1.67. The van der Waals surface area contributed by atoms with Gasteiger partial charge in [-0.1, -0.05) is 0 Å². The van der Waals surface area contributed by atoms with E-state index in [4.69, 9.17) is 0 Å². The zero-order chi connectivity index (χ0) is 14.9. The number of rotatable bonds is 2. The van der Waals surface area contributed by atoms with E-state index in [-0.39, 0.29) is 5.69 Å². The Kier molecular flexibility index (Phi) is 3.56. The Morgan fingerprint density at radius 1 is 1.40 bits per heavy atom. The molecule has 0 saturated heterocycles. The van der Waals surface area contributed by atoms with Gasteiger partial charge >= 0.3 is 6.18 Å². The number of isothiocyanates is 1. The largest absolute Gasteiger partial charge is 0.417 e. The fraction of sp³-hybridized carbons (Fsp3) is 0.182. The molecule has 0 aliphatic rings. The maximum Gasteiger partial charge on any atom is 0.417 e. The number of alkyl halides is 3. The molecule has 104 valence electrons. The van der Waals surface area contributed by atoms with Gasteiger partial charge in [-0.2, -0.15) is 23.3 Å². The average Bonchev–Trinajstić information content (AvgIpc) is 2.77. The number of pyridine rings is 1. The van der Waals surface area contributed by atoms with E-state index >= 15 is 0 Å². The third-order valence-electron chi connectivity index (χ3n) is 2.46. The van der Waals surface area contributed by atoms with Gasteiger partial charge in [0.25, 0.3) is 5.56 Å². The van der Waals surface area contributed by atoms with E-state index < -0.39 is 23.0 Å². The average molecular weight is 300 g/mol. The second kappa shape index (κ2) is 5.03. The molecule has 20 heavy (non-hydrogen) atoms. The molecule has 0 unspecified atom stereocenters. The number of aromatic nitrogens is 3. The Morgan fingerprint density at radius 3 is 2.60 bits per heavy atom. The van der Waals surface area contributed by atoms with Gasteiger partial charge in [-0.3, -0.25) is 14.0 Å². The van der Waals surface area contributed by atoms with Gasteiger partial charge in [0.05, 0.1) is 22.6 Å². The molecule has 2 heterocycles. The first-order valence-electron chi connectivity index (χ1n) is 5.23. The van der Waals surface area contributed by atoms with Crippen molar-refractivity contribution in [1.29, 1.82) is 0 Å². The summed E-state index contributed by atoms with van der Waals surface area (Å²) >= 11 is 4.33. The molecule has 0 aromatic carbocycles. The molecule has 2 aromatic heterocycles. The van der Waals surface area contributed by atoms with Gasteiger partial charge in [0.1, 0.15) is 5.69 Å². The molecule has 0 saturated carbocycles. The predicted octanol–water partition coefficient (Wildman–Crippen LogP) is 2.32. The van der Waals surface area contributed by atoms with Crippen molar-refractivity contribution >= 4 is 23.1 Å². The molecule has 0 N–H and O–H groups in total. The highest BCUT2D eigenvalue weighted by Gasteiger charge is 2.32. The lowest BCUT2D eigenvalue weighted by molar-refractivity contribution is -0.137. The van der Waals surface area contributed by atoms with Crippen LogP contribution < -0.4 is 5.56 Å². The number of hydrogen-bond acceptors (Lipinski definition) is 4. The van der Waals surface area contributed by atoms with Crippen molar-refractivity contribution in [3.8, 4) is 5.69 Å². The number of aryl methyl sites for hydroxylation is 1. The normalized spacial score (nSPS) is 11.2.